The van der Waals surface area contributed by atoms with E-state index in [1.165, 1.54) is 0 Å². The van der Waals surface area contributed by atoms with Crippen molar-refractivity contribution < 1.29 is 9.59 Å². The fourth-order valence-electron chi connectivity index (χ4n) is 2.33. The van der Waals surface area contributed by atoms with Gasteiger partial charge >= 0.3 is 0 Å². The molecule has 0 aliphatic carbocycles. The zero-order valence-corrected chi connectivity index (χ0v) is 10.6. The number of hydrogen-bond acceptors (Lipinski definition) is 2. The summed E-state index contributed by atoms with van der Waals surface area (Å²) < 4.78 is 0. The molecule has 0 saturated carbocycles. The first-order chi connectivity index (χ1) is 7.47. The van der Waals surface area contributed by atoms with E-state index in [4.69, 9.17) is 0 Å². The molecule has 4 nitrogen and oxygen atoms in total. The van der Waals surface area contributed by atoms with Crippen LogP contribution in [0, 0.1) is 0 Å². The van der Waals surface area contributed by atoms with Crippen LogP contribution in [0.4, 0.5) is 0 Å². The first-order valence-electron chi connectivity index (χ1n) is 6.08. The van der Waals surface area contributed by atoms with Crippen molar-refractivity contribution in [2.24, 2.45) is 0 Å². The number of nitrogens with zero attached hydrogens (tertiary/aromatic N) is 1. The number of carbonyl (C=O) groups excluding carboxylic acids is 2. The van der Waals surface area contributed by atoms with Crippen molar-refractivity contribution >= 4 is 11.8 Å². The summed E-state index contributed by atoms with van der Waals surface area (Å²) in [6.07, 6.45) is 2.03. The molecule has 0 aromatic heterocycles. The van der Waals surface area contributed by atoms with Gasteiger partial charge in [-0.3, -0.25) is 9.59 Å². The highest BCUT2D eigenvalue weighted by Gasteiger charge is 2.34. The second kappa shape index (κ2) is 5.32. The molecular weight excluding hydrogens is 204 g/mol. The van der Waals surface area contributed by atoms with E-state index in [0.717, 1.165) is 12.8 Å². The molecule has 1 aliphatic heterocycles. The van der Waals surface area contributed by atoms with Gasteiger partial charge in [0.15, 0.2) is 0 Å². The maximum Gasteiger partial charge on any atom is 0.245 e. The van der Waals surface area contributed by atoms with Crippen molar-refractivity contribution in [2.45, 2.75) is 65.1 Å². The van der Waals surface area contributed by atoms with Crippen molar-refractivity contribution in [1.29, 1.82) is 0 Å². The number of hydrogen-bond donors (Lipinski definition) is 1. The Morgan fingerprint density at radius 2 is 2.06 bits per heavy atom. The Hall–Kier alpha value is -1.06. The Labute approximate surface area is 97.4 Å². The maximum atomic E-state index is 12.2. The van der Waals surface area contributed by atoms with Crippen molar-refractivity contribution in [1.82, 2.24) is 10.2 Å². The van der Waals surface area contributed by atoms with Crippen LogP contribution >= 0.6 is 0 Å². The summed E-state index contributed by atoms with van der Waals surface area (Å²) in [6.45, 7) is 7.94. The number of carbonyl (C=O) groups is 2. The zero-order valence-electron chi connectivity index (χ0n) is 10.6. The molecule has 2 amide bonds. The lowest BCUT2D eigenvalue weighted by Crippen LogP contribution is -2.49. The van der Waals surface area contributed by atoms with E-state index in [0.29, 0.717) is 6.42 Å². The molecule has 1 saturated heterocycles. The van der Waals surface area contributed by atoms with E-state index < -0.39 is 0 Å². The Morgan fingerprint density at radius 3 is 2.56 bits per heavy atom. The van der Waals surface area contributed by atoms with Gasteiger partial charge in [-0.1, -0.05) is 13.3 Å². The molecule has 92 valence electrons. The maximum absolute atomic E-state index is 12.2. The van der Waals surface area contributed by atoms with E-state index in [9.17, 15) is 9.59 Å². The number of amides is 2. The van der Waals surface area contributed by atoms with E-state index in [2.05, 4.69) is 5.32 Å². The summed E-state index contributed by atoms with van der Waals surface area (Å²) in [5.41, 5.74) is 0. The Morgan fingerprint density at radius 1 is 1.44 bits per heavy atom. The van der Waals surface area contributed by atoms with Crippen molar-refractivity contribution in [2.75, 3.05) is 0 Å². The molecular formula is C12H22N2O2. The third-order valence-corrected chi connectivity index (χ3v) is 2.98. The quantitative estimate of drug-likeness (QED) is 0.788. The summed E-state index contributed by atoms with van der Waals surface area (Å²) in [5.74, 6) is 0.0534. The van der Waals surface area contributed by atoms with Crippen LogP contribution in [0.5, 0.6) is 0 Å². The minimum absolute atomic E-state index is 0.00523. The highest BCUT2D eigenvalue weighted by molar-refractivity contribution is 5.90. The Bertz CT molecular complexity index is 276. The van der Waals surface area contributed by atoms with E-state index in [1.807, 2.05) is 32.6 Å². The van der Waals surface area contributed by atoms with Crippen LogP contribution in [0.15, 0.2) is 0 Å². The van der Waals surface area contributed by atoms with Gasteiger partial charge < -0.3 is 10.2 Å². The molecule has 0 bridgehead atoms. The lowest BCUT2D eigenvalue weighted by molar-refractivity contribution is -0.136. The standard InChI is InChI=1S/C12H22N2O2/c1-5-6-10-12(16)14(8(2)3)9(4)7-11(15)13-10/h8-10H,5-7H2,1-4H3,(H,13,15). The summed E-state index contributed by atoms with van der Waals surface area (Å²) in [7, 11) is 0. The number of nitrogens with one attached hydrogen (secondary N) is 1. The van der Waals surface area contributed by atoms with Gasteiger partial charge in [0, 0.05) is 18.5 Å². The van der Waals surface area contributed by atoms with E-state index in [1.54, 1.807) is 0 Å². The second-order valence-electron chi connectivity index (χ2n) is 4.80. The van der Waals surface area contributed by atoms with Gasteiger partial charge in [-0.2, -0.15) is 0 Å². The van der Waals surface area contributed by atoms with Crippen molar-refractivity contribution in [3.8, 4) is 0 Å². The summed E-state index contributed by atoms with van der Waals surface area (Å²) in [6, 6.07) is -0.186. The molecule has 2 unspecified atom stereocenters. The lowest BCUT2D eigenvalue weighted by atomic mass is 10.1. The highest BCUT2D eigenvalue weighted by Crippen LogP contribution is 2.16. The van der Waals surface area contributed by atoms with Crippen LogP contribution in [-0.2, 0) is 9.59 Å². The van der Waals surface area contributed by atoms with Gasteiger partial charge in [-0.15, -0.1) is 0 Å². The number of rotatable bonds is 3. The molecule has 16 heavy (non-hydrogen) atoms. The summed E-state index contributed by atoms with van der Waals surface area (Å²) in [4.78, 5) is 25.7. The largest absolute Gasteiger partial charge is 0.344 e. The van der Waals surface area contributed by atoms with Gasteiger partial charge in [0.25, 0.3) is 0 Å². The molecule has 1 fully saturated rings. The van der Waals surface area contributed by atoms with Gasteiger partial charge in [0.05, 0.1) is 0 Å². The van der Waals surface area contributed by atoms with Crippen LogP contribution < -0.4 is 5.32 Å². The first-order valence-corrected chi connectivity index (χ1v) is 6.08. The third-order valence-electron chi connectivity index (χ3n) is 2.98. The molecule has 1 aliphatic rings. The highest BCUT2D eigenvalue weighted by atomic mass is 16.2. The predicted molar refractivity (Wildman–Crippen MR) is 62.9 cm³/mol. The summed E-state index contributed by atoms with van der Waals surface area (Å²) in [5, 5.41) is 2.81. The average Bonchev–Trinajstić information content (AvgIpc) is 2.24. The van der Waals surface area contributed by atoms with Crippen LogP contribution in [-0.4, -0.2) is 34.8 Å². The lowest BCUT2D eigenvalue weighted by Gasteiger charge is -2.32. The molecule has 0 spiro atoms. The second-order valence-corrected chi connectivity index (χ2v) is 4.80. The zero-order chi connectivity index (χ0) is 12.3. The molecule has 1 rings (SSSR count). The van der Waals surface area contributed by atoms with Crippen LogP contribution in [0.1, 0.15) is 47.0 Å². The van der Waals surface area contributed by atoms with Crippen LogP contribution in [0.25, 0.3) is 0 Å². The van der Waals surface area contributed by atoms with Crippen LogP contribution in [0.3, 0.4) is 0 Å². The first kappa shape index (κ1) is 13.0. The smallest absolute Gasteiger partial charge is 0.245 e. The molecule has 1 N–H and O–H groups in total. The molecule has 0 aromatic carbocycles. The molecule has 2 atom stereocenters. The molecule has 1 heterocycles. The minimum atomic E-state index is -0.329. The van der Waals surface area contributed by atoms with Crippen molar-refractivity contribution in [3.63, 3.8) is 0 Å². The molecule has 4 heteroatoms. The predicted octanol–water partition coefficient (Wildman–Crippen LogP) is 1.30. The summed E-state index contributed by atoms with van der Waals surface area (Å²) >= 11 is 0. The third kappa shape index (κ3) is 2.74. The van der Waals surface area contributed by atoms with Crippen molar-refractivity contribution in [3.05, 3.63) is 0 Å². The normalized spacial score (nSPS) is 26.9. The van der Waals surface area contributed by atoms with Gasteiger partial charge in [-0.05, 0) is 27.2 Å². The topological polar surface area (TPSA) is 49.4 Å². The average molecular weight is 226 g/mol. The van der Waals surface area contributed by atoms with Gasteiger partial charge in [-0.25, -0.2) is 0 Å². The fraction of sp³-hybridized carbons (Fsp3) is 0.833. The van der Waals surface area contributed by atoms with E-state index >= 15 is 0 Å². The SMILES string of the molecule is CCCC1NC(=O)CC(C)N(C(C)C)C1=O. The Kier molecular flexibility index (Phi) is 4.33. The van der Waals surface area contributed by atoms with Crippen LogP contribution in [0.2, 0.25) is 0 Å². The fourth-order valence-corrected chi connectivity index (χ4v) is 2.33. The molecule has 0 radical (unpaired) electrons. The van der Waals surface area contributed by atoms with E-state index in [-0.39, 0.29) is 29.9 Å². The minimum Gasteiger partial charge on any atom is -0.344 e. The van der Waals surface area contributed by atoms with Gasteiger partial charge in [0.1, 0.15) is 6.04 Å². The van der Waals surface area contributed by atoms with Gasteiger partial charge in [0.2, 0.25) is 11.8 Å². The Balaban J connectivity index is 2.90. The molecule has 0 aromatic rings. The monoisotopic (exact) mass is 226 g/mol.